The topological polar surface area (TPSA) is 190 Å². The third-order valence-corrected chi connectivity index (χ3v) is 7.71. The van der Waals surface area contributed by atoms with Crippen LogP contribution < -0.4 is 16.0 Å². The van der Waals surface area contributed by atoms with E-state index in [2.05, 4.69) is 16.0 Å². The van der Waals surface area contributed by atoms with E-state index in [1.165, 1.54) is 0 Å². The molecule has 0 spiro atoms. The van der Waals surface area contributed by atoms with Gasteiger partial charge in [0.2, 0.25) is 11.8 Å². The minimum atomic E-state index is -1.12. The van der Waals surface area contributed by atoms with Gasteiger partial charge in [0.05, 0.1) is 26.4 Å². The van der Waals surface area contributed by atoms with Crippen LogP contribution in [0.3, 0.4) is 0 Å². The lowest BCUT2D eigenvalue weighted by Crippen LogP contribution is -2.50. The van der Waals surface area contributed by atoms with Gasteiger partial charge in [-0.25, -0.2) is 9.59 Å². The molecule has 46 heavy (non-hydrogen) atoms. The van der Waals surface area contributed by atoms with Gasteiger partial charge in [-0.3, -0.25) is 9.59 Å². The number of carboxylic acid groups (broad SMARTS) is 1. The maximum atomic E-state index is 13.3. The monoisotopic (exact) mass is 641 g/mol. The number of hydrogen-bond acceptors (Lipinski definition) is 9. The van der Waals surface area contributed by atoms with Crippen molar-refractivity contribution >= 4 is 30.2 Å². The van der Waals surface area contributed by atoms with E-state index < -0.39 is 24.2 Å². The largest absolute Gasteiger partial charge is 0.480 e. The molecule has 2 aromatic rings. The van der Waals surface area contributed by atoms with E-state index in [1.54, 1.807) is 0 Å². The Kier molecular flexibility index (Phi) is 15.1. The lowest BCUT2D eigenvalue weighted by molar-refractivity contribution is -0.142. The molecule has 0 bridgehead atoms. The van der Waals surface area contributed by atoms with Crippen molar-refractivity contribution in [2.24, 2.45) is 0 Å². The van der Waals surface area contributed by atoms with Gasteiger partial charge in [-0.1, -0.05) is 48.5 Å². The quantitative estimate of drug-likeness (QED) is 0.0941. The fraction of sp³-hybridized carbons (Fsp3) is 0.485. The van der Waals surface area contributed by atoms with Crippen LogP contribution in [0.25, 0.3) is 11.1 Å². The van der Waals surface area contributed by atoms with Crippen molar-refractivity contribution in [3.8, 4) is 11.1 Å². The molecule has 0 radical (unpaired) electrons. The van der Waals surface area contributed by atoms with Gasteiger partial charge in [0.1, 0.15) is 19.5 Å². The lowest BCUT2D eigenvalue weighted by Gasteiger charge is -2.34. The number of aliphatic carboxylic acids is 1. The summed E-state index contributed by atoms with van der Waals surface area (Å²) >= 11 is 0. The van der Waals surface area contributed by atoms with Crippen LogP contribution in [0, 0.1) is 0 Å². The van der Waals surface area contributed by atoms with Crippen molar-refractivity contribution in [1.82, 2.24) is 16.0 Å². The molecule has 5 N–H and O–H groups in total. The summed E-state index contributed by atoms with van der Waals surface area (Å²) in [5.41, 5.74) is 3.14. The van der Waals surface area contributed by atoms with Gasteiger partial charge in [0.15, 0.2) is 0 Å². The van der Waals surface area contributed by atoms with E-state index in [9.17, 15) is 24.0 Å². The minimum absolute atomic E-state index is 0.00679. The smallest absolute Gasteiger partial charge is 0.407 e. The Hall–Kier alpha value is -4.33. The van der Waals surface area contributed by atoms with Crippen molar-refractivity contribution in [3.63, 3.8) is 0 Å². The van der Waals surface area contributed by atoms with Crippen LogP contribution in [0.2, 0.25) is 0 Å². The highest BCUT2D eigenvalue weighted by atomic mass is 16.5. The first-order valence-corrected chi connectivity index (χ1v) is 15.4. The lowest BCUT2D eigenvalue weighted by atomic mass is 9.83. The molecule has 1 unspecified atom stereocenters. The number of ether oxygens (including phenoxy) is 3. The molecule has 0 saturated carbocycles. The summed E-state index contributed by atoms with van der Waals surface area (Å²) in [7, 11) is 0. The number of carboxylic acids is 1. The summed E-state index contributed by atoms with van der Waals surface area (Å²) in [5.74, 6) is -1.96. The average Bonchev–Trinajstić information content (AvgIpc) is 3.37. The number of carbonyl (C=O) groups is 5. The van der Waals surface area contributed by atoms with Crippen LogP contribution in [0.1, 0.15) is 55.6 Å². The summed E-state index contributed by atoms with van der Waals surface area (Å²) < 4.78 is 15.9. The van der Waals surface area contributed by atoms with Crippen molar-refractivity contribution in [2.45, 2.75) is 50.0 Å². The van der Waals surface area contributed by atoms with E-state index in [1.807, 2.05) is 48.5 Å². The Morgan fingerprint density at radius 2 is 1.37 bits per heavy atom. The fourth-order valence-corrected chi connectivity index (χ4v) is 5.48. The number of amides is 3. The van der Waals surface area contributed by atoms with Crippen LogP contribution in [0.15, 0.2) is 48.5 Å². The number of hydrogen-bond donors (Lipinski definition) is 5. The molecule has 1 aliphatic rings. The number of aldehydes is 1. The normalized spacial score (nSPS) is 13.2. The average molecular weight is 642 g/mol. The van der Waals surface area contributed by atoms with Gasteiger partial charge in [-0.2, -0.15) is 0 Å². The molecule has 2 aromatic carbocycles. The van der Waals surface area contributed by atoms with Crippen molar-refractivity contribution in [3.05, 3.63) is 59.7 Å². The Balaban J connectivity index is 1.67. The van der Waals surface area contributed by atoms with Crippen molar-refractivity contribution in [2.75, 3.05) is 52.7 Å². The molecule has 0 saturated heterocycles. The SMILES string of the molecule is O=CCCC(CCC(=O)NCCOCCO)(CCC(=O)NCCOCC(=O)O)NC(=O)OCC1c2ccccc2-c2ccccc21. The number of fused-ring (bicyclic) bond motifs is 3. The highest BCUT2D eigenvalue weighted by Crippen LogP contribution is 2.44. The first-order chi connectivity index (χ1) is 22.3. The van der Waals surface area contributed by atoms with E-state index in [4.69, 9.17) is 24.4 Å². The summed E-state index contributed by atoms with van der Waals surface area (Å²) in [6.45, 7) is 0.158. The highest BCUT2D eigenvalue weighted by Gasteiger charge is 2.35. The molecule has 13 heteroatoms. The van der Waals surface area contributed by atoms with Crippen LogP contribution in [0.5, 0.6) is 0 Å². The third-order valence-electron chi connectivity index (χ3n) is 7.71. The molecule has 3 rings (SSSR count). The number of alkyl carbamates (subject to hydrolysis) is 1. The predicted octanol–water partition coefficient (Wildman–Crippen LogP) is 2.15. The van der Waals surface area contributed by atoms with E-state index in [-0.39, 0.29) is 102 Å². The zero-order chi connectivity index (χ0) is 33.2. The molecular formula is C33H43N3O10. The molecule has 250 valence electrons. The molecule has 1 atom stereocenters. The van der Waals surface area contributed by atoms with E-state index >= 15 is 0 Å². The minimum Gasteiger partial charge on any atom is -0.480 e. The van der Waals surface area contributed by atoms with Crippen LogP contribution in [-0.2, 0) is 33.4 Å². The molecule has 1 aliphatic carbocycles. The zero-order valence-corrected chi connectivity index (χ0v) is 25.8. The van der Waals surface area contributed by atoms with Gasteiger partial charge in [-0.05, 0) is 41.5 Å². The molecule has 0 heterocycles. The van der Waals surface area contributed by atoms with Crippen LogP contribution in [-0.4, -0.2) is 98.6 Å². The Morgan fingerprint density at radius 1 is 0.804 bits per heavy atom. The van der Waals surface area contributed by atoms with Crippen LogP contribution in [0.4, 0.5) is 4.79 Å². The van der Waals surface area contributed by atoms with Crippen molar-refractivity contribution < 1.29 is 48.4 Å². The first kappa shape index (κ1) is 36.1. The maximum Gasteiger partial charge on any atom is 0.407 e. The fourth-order valence-electron chi connectivity index (χ4n) is 5.48. The second-order valence-corrected chi connectivity index (χ2v) is 10.9. The van der Waals surface area contributed by atoms with Crippen molar-refractivity contribution in [1.29, 1.82) is 0 Å². The number of rotatable bonds is 22. The summed E-state index contributed by atoms with van der Waals surface area (Å²) in [6, 6.07) is 15.9. The Bertz CT molecular complexity index is 1270. The summed E-state index contributed by atoms with van der Waals surface area (Å²) in [6.07, 6.45) is 0.419. The number of carbonyl (C=O) groups excluding carboxylic acids is 4. The van der Waals surface area contributed by atoms with Gasteiger partial charge in [0.25, 0.3) is 0 Å². The third kappa shape index (κ3) is 11.5. The first-order valence-electron chi connectivity index (χ1n) is 15.4. The molecule has 13 nitrogen and oxygen atoms in total. The van der Waals surface area contributed by atoms with Gasteiger partial charge < -0.3 is 45.2 Å². The predicted molar refractivity (Wildman–Crippen MR) is 167 cm³/mol. The summed E-state index contributed by atoms with van der Waals surface area (Å²) in [4.78, 5) is 60.7. The molecule has 3 amide bonds. The Morgan fingerprint density at radius 3 is 1.91 bits per heavy atom. The Labute approximate surface area is 268 Å². The number of nitrogens with one attached hydrogen (secondary N) is 3. The van der Waals surface area contributed by atoms with Gasteiger partial charge in [0, 0.05) is 43.8 Å². The second-order valence-electron chi connectivity index (χ2n) is 10.9. The second kappa shape index (κ2) is 19.2. The standard InChI is InChI=1S/C33H43N3O10/c37-17-5-12-33(13-10-29(39)34-15-19-44-21-18-38,14-11-30(40)35-16-20-45-23-31(41)42)36-32(43)46-22-28-26-8-3-1-6-24(26)25-7-2-4-9-27(25)28/h1-4,6-9,17,28,38H,5,10-16,18-23H2,(H,34,39)(H,35,40)(H,36,43)(H,41,42). The zero-order valence-electron chi connectivity index (χ0n) is 25.8. The summed E-state index contributed by atoms with van der Waals surface area (Å²) in [5, 5.41) is 25.8. The molecule has 0 fully saturated rings. The molecular weight excluding hydrogens is 598 g/mol. The molecule has 0 aliphatic heterocycles. The number of aliphatic hydroxyl groups is 1. The maximum absolute atomic E-state index is 13.3. The molecule has 0 aromatic heterocycles. The number of aliphatic hydroxyl groups excluding tert-OH is 1. The highest BCUT2D eigenvalue weighted by molar-refractivity contribution is 5.79. The van der Waals surface area contributed by atoms with E-state index in [0.29, 0.717) is 6.29 Å². The van der Waals surface area contributed by atoms with Crippen LogP contribution >= 0.6 is 0 Å². The van der Waals surface area contributed by atoms with Gasteiger partial charge in [-0.15, -0.1) is 0 Å². The van der Waals surface area contributed by atoms with E-state index in [0.717, 1.165) is 22.3 Å². The van der Waals surface area contributed by atoms with Gasteiger partial charge >= 0.3 is 12.1 Å². The number of benzene rings is 2.